The predicted molar refractivity (Wildman–Crippen MR) is 64.5 cm³/mol. The second kappa shape index (κ2) is 10.6. The van der Waals surface area contributed by atoms with Gasteiger partial charge in [0.1, 0.15) is 0 Å². The zero-order valence-corrected chi connectivity index (χ0v) is 14.4. The summed E-state index contributed by atoms with van der Waals surface area (Å²) in [6.45, 7) is 11.9. The smallest absolute Gasteiger partial charge is 0.503 e. The van der Waals surface area contributed by atoms with Crippen LogP contribution in [0.5, 0.6) is 0 Å². The first kappa shape index (κ1) is 21.7. The Morgan fingerprint density at radius 3 is 1.81 bits per heavy atom. The van der Waals surface area contributed by atoms with E-state index in [1.165, 1.54) is 0 Å². The topological polar surface area (TPSA) is 49.3 Å². The third kappa shape index (κ3) is 10.9. The Morgan fingerprint density at radius 1 is 1.44 bits per heavy atom. The molecule has 0 aliphatic heterocycles. The molecule has 0 aliphatic carbocycles. The summed E-state index contributed by atoms with van der Waals surface area (Å²) in [6, 6.07) is 0.558. The molecule has 1 unspecified atom stereocenters. The summed E-state index contributed by atoms with van der Waals surface area (Å²) in [7, 11) is 2.00. The zero-order chi connectivity index (χ0) is 12.6. The Balaban J connectivity index is -0.000000214. The minimum absolute atomic E-state index is 0. The van der Waals surface area contributed by atoms with E-state index in [2.05, 4.69) is 39.4 Å². The van der Waals surface area contributed by atoms with Gasteiger partial charge in [0.25, 0.3) is 0 Å². The quantitative estimate of drug-likeness (QED) is 0.785. The molecule has 0 bridgehead atoms. The number of rotatable bonds is 4. The van der Waals surface area contributed by atoms with E-state index in [1.807, 2.05) is 7.05 Å². The molecule has 0 rings (SSSR count). The van der Waals surface area contributed by atoms with E-state index in [-0.39, 0.29) is 32.7 Å². The van der Waals surface area contributed by atoms with Crippen LogP contribution in [0.4, 0.5) is 0 Å². The van der Waals surface area contributed by atoms with Crippen molar-refractivity contribution >= 4 is 5.97 Å². The first-order chi connectivity index (χ1) is 6.68. The second-order valence-electron chi connectivity index (χ2n) is 4.43. The third-order valence-corrected chi connectivity index (χ3v) is 2.72. The van der Waals surface area contributed by atoms with Crippen LogP contribution in [0, 0.1) is 17.8 Å². The van der Waals surface area contributed by atoms with Gasteiger partial charge in [-0.25, -0.2) is 0 Å². The molecule has 0 aromatic carbocycles. The fourth-order valence-electron chi connectivity index (χ4n) is 0.622. The molecule has 0 saturated heterocycles. The molecule has 0 radical (unpaired) electrons. The van der Waals surface area contributed by atoms with Gasteiger partial charge in [-0.3, -0.25) is 10.7 Å². The normalized spacial score (nSPS) is 11.7. The van der Waals surface area contributed by atoms with Gasteiger partial charge >= 0.3 is 32.7 Å². The van der Waals surface area contributed by atoms with Crippen LogP contribution in [-0.2, 0) is 37.5 Å². The molecule has 0 heterocycles. The summed E-state index contributed by atoms with van der Waals surface area (Å²) in [5.74, 6) is -0.398. The van der Waals surface area contributed by atoms with Crippen LogP contribution in [-0.4, -0.2) is 24.2 Å². The molecular weight excluding hydrogens is 279 g/mol. The molecule has 0 aromatic heterocycles. The van der Waals surface area contributed by atoms with E-state index in [4.69, 9.17) is 5.11 Å². The van der Waals surface area contributed by atoms with Gasteiger partial charge in [-0.15, -0.1) is 5.41 Å². The molecule has 2 N–H and O–H groups in total. The first-order valence-electron chi connectivity index (χ1n) is 5.20. The summed E-state index contributed by atoms with van der Waals surface area (Å²) in [5.41, 5.74) is 0.314. The van der Waals surface area contributed by atoms with Crippen molar-refractivity contribution in [1.29, 1.82) is 0 Å². The Labute approximate surface area is 126 Å². The number of carboxylic acid groups (broad SMARTS) is 1. The van der Waals surface area contributed by atoms with E-state index in [0.29, 0.717) is 17.4 Å². The molecule has 1 atom stereocenters. The fraction of sp³-hybridized carbons (Fsp3) is 0.750. The zero-order valence-electron chi connectivity index (χ0n) is 11.6. The molecule has 4 heteroatoms. The molecule has 0 aliphatic rings. The summed E-state index contributed by atoms with van der Waals surface area (Å²) >= 11 is 0. The molecule has 16 heavy (non-hydrogen) atoms. The summed E-state index contributed by atoms with van der Waals surface area (Å²) in [4.78, 5) is 9.66. The number of hydrogen-bond acceptors (Lipinski definition) is 2. The van der Waals surface area contributed by atoms with Crippen molar-refractivity contribution in [2.24, 2.45) is 5.41 Å². The molecule has 92 valence electrons. The van der Waals surface area contributed by atoms with Gasteiger partial charge in [0.15, 0.2) is 5.97 Å². The summed E-state index contributed by atoms with van der Waals surface area (Å²) in [6.07, 6.45) is 2.23. The van der Waals surface area contributed by atoms with Gasteiger partial charge in [0.2, 0.25) is 0 Å². The van der Waals surface area contributed by atoms with Gasteiger partial charge < -0.3 is 16.8 Å². The molecule has 3 nitrogen and oxygen atoms in total. The number of aliphatic carboxylic acids is 1. The minimum atomic E-state index is -0.824. The average Bonchev–Trinajstić information content (AvgIpc) is 2.17. The van der Waals surface area contributed by atoms with E-state index >= 15 is 0 Å². The van der Waals surface area contributed by atoms with Crippen LogP contribution in [0.2, 0.25) is 0 Å². The van der Waals surface area contributed by atoms with E-state index in [0.717, 1.165) is 0 Å². The van der Waals surface area contributed by atoms with Crippen molar-refractivity contribution < 1.29 is 42.6 Å². The van der Waals surface area contributed by atoms with Crippen molar-refractivity contribution in [3.8, 4) is 0 Å². The summed E-state index contributed by atoms with van der Waals surface area (Å²) in [5, 5.41) is 11.2. The Hall–Kier alpha value is 0.404. The molecule has 0 amide bonds. The standard InChI is InChI=1S/C8H18N.C4H7O2.Y/c1-6-8(3,4)7(2)9-5;1-3(2)4(5)6;/h6-7,9H,1-5H3;1-2H3,(H,5,6);/q2*-1;+3. The van der Waals surface area contributed by atoms with E-state index in [9.17, 15) is 4.79 Å². The van der Waals surface area contributed by atoms with Crippen LogP contribution >= 0.6 is 0 Å². The molecule has 0 saturated carbocycles. The maximum absolute atomic E-state index is 9.66. The summed E-state index contributed by atoms with van der Waals surface area (Å²) < 4.78 is 0. The Morgan fingerprint density at radius 2 is 1.75 bits per heavy atom. The second-order valence-corrected chi connectivity index (χ2v) is 4.43. The van der Waals surface area contributed by atoms with Crippen LogP contribution < -0.4 is 5.32 Å². The van der Waals surface area contributed by atoms with Gasteiger partial charge in [-0.1, -0.05) is 20.8 Å². The van der Waals surface area contributed by atoms with Gasteiger partial charge in [-0.2, -0.15) is 20.8 Å². The predicted octanol–water partition coefficient (Wildman–Crippen LogP) is 2.53. The Bertz CT molecular complexity index is 182. The Kier molecular flexibility index (Phi) is 14.3. The van der Waals surface area contributed by atoms with E-state index < -0.39 is 5.97 Å². The number of carboxylic acids is 1. The van der Waals surface area contributed by atoms with Crippen LogP contribution in [0.3, 0.4) is 0 Å². The van der Waals surface area contributed by atoms with Crippen molar-refractivity contribution in [3.63, 3.8) is 0 Å². The monoisotopic (exact) mass is 304 g/mol. The SMILES string of the molecule is C[C-](C)C(=O)O.C[CH-]C(C)(C)C(C)NC.[Y+3]. The maximum Gasteiger partial charge on any atom is 3.00 e. The molecular formula is C12H25NO2Y+. The van der Waals surface area contributed by atoms with Gasteiger partial charge in [0, 0.05) is 0 Å². The molecule has 0 spiro atoms. The number of nitrogens with one attached hydrogen (secondary N) is 1. The van der Waals surface area contributed by atoms with Gasteiger partial charge in [0.05, 0.1) is 0 Å². The largest absolute Gasteiger partial charge is 3.00 e. The van der Waals surface area contributed by atoms with Crippen molar-refractivity contribution in [2.45, 2.75) is 47.6 Å². The van der Waals surface area contributed by atoms with Crippen LogP contribution in [0.15, 0.2) is 0 Å². The van der Waals surface area contributed by atoms with Crippen molar-refractivity contribution in [2.75, 3.05) is 7.05 Å². The van der Waals surface area contributed by atoms with E-state index in [1.54, 1.807) is 13.8 Å². The number of hydrogen-bond donors (Lipinski definition) is 2. The fourth-order valence-corrected chi connectivity index (χ4v) is 0.622. The van der Waals surface area contributed by atoms with Gasteiger partial charge in [-0.05, 0) is 13.1 Å². The van der Waals surface area contributed by atoms with Crippen molar-refractivity contribution in [3.05, 3.63) is 12.3 Å². The third-order valence-electron chi connectivity index (χ3n) is 2.72. The molecule has 0 aromatic rings. The first-order valence-corrected chi connectivity index (χ1v) is 5.20. The number of carbonyl (C=O) groups is 1. The maximum atomic E-state index is 9.66. The van der Waals surface area contributed by atoms with Crippen LogP contribution in [0.25, 0.3) is 0 Å². The average molecular weight is 304 g/mol. The van der Waals surface area contributed by atoms with Crippen LogP contribution in [0.1, 0.15) is 41.5 Å². The molecule has 0 fully saturated rings. The minimum Gasteiger partial charge on any atom is -0.503 e. The van der Waals surface area contributed by atoms with Crippen molar-refractivity contribution in [1.82, 2.24) is 5.32 Å².